The summed E-state index contributed by atoms with van der Waals surface area (Å²) in [5.74, 6) is 0. The molecule has 0 aromatic heterocycles. The van der Waals surface area contributed by atoms with Crippen molar-refractivity contribution in [2.45, 2.75) is 0 Å². The van der Waals surface area contributed by atoms with Crippen LogP contribution in [0.15, 0.2) is 0 Å². The van der Waals surface area contributed by atoms with Gasteiger partial charge in [-0.25, -0.2) is 0 Å². The molecule has 0 aliphatic rings. The Morgan fingerprint density at radius 3 is 1.00 bits per heavy atom. The summed E-state index contributed by atoms with van der Waals surface area (Å²) in [6.45, 7) is 0. The minimum absolute atomic E-state index is 0. The van der Waals surface area contributed by atoms with Crippen LogP contribution >= 0.6 is 0 Å². The number of rotatable bonds is 0. The molecule has 4 heavy (non-hydrogen) atoms. The molecule has 0 radical (unpaired) electrons. The summed E-state index contributed by atoms with van der Waals surface area (Å²) < 4.78 is 0. The molecule has 0 spiro atoms. The van der Waals surface area contributed by atoms with Crippen LogP contribution in [-0.4, -0.2) is 42.6 Å². The minimum atomic E-state index is 0. The zero-order valence-corrected chi connectivity index (χ0v) is 4.17. The van der Waals surface area contributed by atoms with Crippen molar-refractivity contribution in [1.29, 1.82) is 0 Å². The molecule has 0 heterocycles. The first-order valence-electron chi connectivity index (χ1n) is 0. The van der Waals surface area contributed by atoms with Gasteiger partial charge in [-0.15, -0.1) is 0 Å². The van der Waals surface area contributed by atoms with E-state index in [0.29, 0.717) is 0 Å². The molecule has 0 saturated carbocycles. The van der Waals surface area contributed by atoms with Crippen molar-refractivity contribution in [3.63, 3.8) is 0 Å². The quantitative estimate of drug-likeness (QED) is 0.357. The Hall–Kier alpha value is 1.75. The fourth-order valence-corrected chi connectivity index (χ4v) is 0. The van der Waals surface area contributed by atoms with Crippen LogP contribution in [0.1, 0.15) is 0 Å². The fourth-order valence-electron chi connectivity index (χ4n) is 0. The number of hydrogen-bond donors (Lipinski definition) is 0. The molecule has 0 fully saturated rings. The molecule has 0 aliphatic heterocycles. The zero-order valence-electron chi connectivity index (χ0n) is 1.21. The van der Waals surface area contributed by atoms with Gasteiger partial charge in [0.25, 0.3) is 0 Å². The molecule has 0 unspecified atom stereocenters. The molecule has 0 bridgehead atoms. The van der Waals surface area contributed by atoms with Gasteiger partial charge in [0.2, 0.25) is 0 Å². The maximum Gasteiger partial charge on any atom is 0 e. The first-order chi connectivity index (χ1) is 0. The van der Waals surface area contributed by atoms with E-state index in [1.54, 1.807) is 0 Å². The fraction of sp³-hybridized carbons (Fsp3) is 0. The average Bonchev–Trinajstić information content (AvgIpc) is 0. The van der Waals surface area contributed by atoms with Crippen LogP contribution in [-0.2, 0) is 19.5 Å². The van der Waals surface area contributed by atoms with Crippen molar-refractivity contribution < 1.29 is 25.0 Å². The van der Waals surface area contributed by atoms with Crippen molar-refractivity contribution in [3.05, 3.63) is 0 Å². The van der Waals surface area contributed by atoms with Gasteiger partial charge in [-0.2, -0.15) is 0 Å². The summed E-state index contributed by atoms with van der Waals surface area (Å²) in [7, 11) is 0. The third-order valence-corrected chi connectivity index (χ3v) is 0. The Morgan fingerprint density at radius 2 is 1.00 bits per heavy atom. The zero-order chi connectivity index (χ0) is 0. The van der Waals surface area contributed by atoms with Crippen molar-refractivity contribution in [2.24, 2.45) is 0 Å². The first-order valence-corrected chi connectivity index (χ1v) is 0. The Bertz CT molecular complexity index is 8.00. The van der Waals surface area contributed by atoms with E-state index in [1.165, 1.54) is 0 Å². The van der Waals surface area contributed by atoms with Crippen LogP contribution in [0.3, 0.4) is 0 Å². The Morgan fingerprint density at radius 1 is 1.00 bits per heavy atom. The van der Waals surface area contributed by atoms with E-state index in [1.807, 2.05) is 0 Å². The first kappa shape index (κ1) is 42.3. The molecule has 0 amide bonds. The Balaban J connectivity index is 0. The minimum Gasteiger partial charge on any atom is 0 e. The van der Waals surface area contributed by atoms with Gasteiger partial charge in [-0.05, 0) is 0 Å². The molecule has 2 N–H and O–H groups in total. The summed E-state index contributed by atoms with van der Waals surface area (Å²) in [5, 5.41) is 0. The van der Waals surface area contributed by atoms with Gasteiger partial charge in [-0.1, -0.05) is 0 Å². The van der Waals surface area contributed by atoms with E-state index in [2.05, 4.69) is 0 Å². The van der Waals surface area contributed by atoms with Crippen LogP contribution < -0.4 is 0 Å². The largest absolute Gasteiger partial charge is 0 e. The van der Waals surface area contributed by atoms with Crippen LogP contribution in [0, 0.1) is 0 Å². The topological polar surface area (TPSA) is 31.5 Å². The van der Waals surface area contributed by atoms with E-state index < -0.39 is 0 Å². The maximum absolute atomic E-state index is 0. The van der Waals surface area contributed by atoms with Crippen LogP contribution in [0.25, 0.3) is 0 Å². The van der Waals surface area contributed by atoms with Gasteiger partial charge < -0.3 is 5.48 Å². The van der Waals surface area contributed by atoms with Crippen LogP contribution in [0.4, 0.5) is 0 Å². The van der Waals surface area contributed by atoms with Crippen molar-refractivity contribution in [3.8, 4) is 0 Å². The van der Waals surface area contributed by atoms with E-state index in [0.717, 1.165) is 0 Å². The summed E-state index contributed by atoms with van der Waals surface area (Å²) in [5.41, 5.74) is 0. The van der Waals surface area contributed by atoms with Crippen molar-refractivity contribution >= 4 is 37.2 Å². The van der Waals surface area contributed by atoms with Crippen LogP contribution in [0.2, 0.25) is 0 Å². The second-order valence-electron chi connectivity index (χ2n) is 0. The van der Waals surface area contributed by atoms with Gasteiger partial charge in [0.1, 0.15) is 0 Å². The molecule has 0 atom stereocenters. The summed E-state index contributed by atoms with van der Waals surface area (Å²) in [4.78, 5) is 0. The molecule has 0 aromatic carbocycles. The summed E-state index contributed by atoms with van der Waals surface area (Å²) in [6, 6.07) is 0. The molecule has 1 nitrogen and oxygen atoms in total. The second-order valence-corrected chi connectivity index (χ2v) is 0. The van der Waals surface area contributed by atoms with Gasteiger partial charge in [0.05, 0.1) is 0 Å². The molecule has 4 heteroatoms. The van der Waals surface area contributed by atoms with Crippen molar-refractivity contribution in [1.82, 2.24) is 0 Å². The molecule has 0 aliphatic carbocycles. The Labute approximate surface area is 61.8 Å². The molecule has 22 valence electrons. The monoisotopic (exact) mass is 184 g/mol. The Kier molecular flexibility index (Phi) is 231. The predicted molar refractivity (Wildman–Crippen MR) is 23.5 cm³/mol. The van der Waals surface area contributed by atoms with E-state index in [-0.39, 0.29) is 62.1 Å². The molecule has 0 saturated heterocycles. The van der Waals surface area contributed by atoms with E-state index >= 15 is 0 Å². The smallest absolute Gasteiger partial charge is 0 e. The predicted octanol–water partition coefficient (Wildman–Crippen LogP) is -3.20. The number of hydrogen-bond acceptors (Lipinski definition) is 0. The third kappa shape index (κ3) is 9.26. The molecule has 0 rings (SSSR count). The molecular weight excluding hydrogens is 178 g/mol. The maximum atomic E-state index is 0. The van der Waals surface area contributed by atoms with E-state index in [9.17, 15) is 0 Å². The van der Waals surface area contributed by atoms with E-state index in [4.69, 9.17) is 0 Å². The third-order valence-electron chi connectivity index (χ3n) is 0. The summed E-state index contributed by atoms with van der Waals surface area (Å²) in [6.07, 6.45) is 0. The molecular formula is H8AlGaOZn. The van der Waals surface area contributed by atoms with Gasteiger partial charge >= 0.3 is 19.8 Å². The normalized spacial score (nSPS) is 0. The summed E-state index contributed by atoms with van der Waals surface area (Å²) >= 11 is 0. The van der Waals surface area contributed by atoms with Crippen LogP contribution in [0.5, 0.6) is 0 Å². The van der Waals surface area contributed by atoms with Gasteiger partial charge in [0, 0.05) is 19.5 Å². The SMILES string of the molecule is O.[AlH3].[GaH3].[Zn]. The second kappa shape index (κ2) is 21.8. The average molecular weight is 186 g/mol. The van der Waals surface area contributed by atoms with Gasteiger partial charge in [0.15, 0.2) is 17.4 Å². The molecule has 0 aromatic rings. The standard InChI is InChI=1S/Al.Ga.H2O.Zn.6H/h;;1H2;;;;;;;. The van der Waals surface area contributed by atoms with Crippen molar-refractivity contribution in [2.75, 3.05) is 0 Å². The van der Waals surface area contributed by atoms with Gasteiger partial charge in [-0.3, -0.25) is 0 Å².